The summed E-state index contributed by atoms with van der Waals surface area (Å²) in [6, 6.07) is 9.27. The van der Waals surface area contributed by atoms with Gasteiger partial charge in [-0.05, 0) is 25.7 Å². The van der Waals surface area contributed by atoms with E-state index in [1.54, 1.807) is 6.07 Å². The first-order valence-electron chi connectivity index (χ1n) is 5.53. The van der Waals surface area contributed by atoms with Crippen LogP contribution >= 0.6 is 0 Å². The Morgan fingerprint density at radius 2 is 2.12 bits per heavy atom. The molecule has 1 N–H and O–H groups in total. The second kappa shape index (κ2) is 6.66. The van der Waals surface area contributed by atoms with E-state index in [9.17, 15) is 4.79 Å². The van der Waals surface area contributed by atoms with E-state index >= 15 is 0 Å². The second-order valence-electron chi connectivity index (χ2n) is 4.05. The van der Waals surface area contributed by atoms with Gasteiger partial charge in [-0.15, -0.1) is 0 Å². The number of carbonyl (C=O) groups excluding carboxylic acids is 1. The van der Waals surface area contributed by atoms with Crippen LogP contribution in [0.15, 0.2) is 24.3 Å². The maximum Gasteiger partial charge on any atom is 0.251 e. The highest BCUT2D eigenvalue weighted by Gasteiger charge is 2.09. The lowest BCUT2D eigenvalue weighted by Gasteiger charge is -2.11. The molecule has 0 aliphatic heterocycles. The summed E-state index contributed by atoms with van der Waals surface area (Å²) in [4.78, 5) is 13.9. The summed E-state index contributed by atoms with van der Waals surface area (Å²) in [6.07, 6.45) is 0.261. The van der Waals surface area contributed by atoms with Crippen molar-refractivity contribution in [2.75, 3.05) is 27.2 Å². The monoisotopic (exact) mass is 231 g/mol. The fourth-order valence-electron chi connectivity index (χ4n) is 1.47. The lowest BCUT2D eigenvalue weighted by Crippen LogP contribution is -2.31. The van der Waals surface area contributed by atoms with Gasteiger partial charge < -0.3 is 10.2 Å². The first kappa shape index (κ1) is 13.2. The molecule has 0 heterocycles. The van der Waals surface area contributed by atoms with Crippen molar-refractivity contribution in [3.8, 4) is 6.07 Å². The molecule has 1 rings (SSSR count). The summed E-state index contributed by atoms with van der Waals surface area (Å²) < 4.78 is 0. The maximum absolute atomic E-state index is 11.9. The molecule has 0 aliphatic rings. The fraction of sp³-hybridized carbons (Fsp3) is 0.385. The van der Waals surface area contributed by atoms with Gasteiger partial charge >= 0.3 is 0 Å². The predicted octanol–water partition coefficient (Wildman–Crippen LogP) is 1.04. The van der Waals surface area contributed by atoms with E-state index in [4.69, 9.17) is 5.26 Å². The van der Waals surface area contributed by atoms with Crippen molar-refractivity contribution in [2.45, 2.75) is 6.42 Å². The Kier molecular flexibility index (Phi) is 5.18. The zero-order chi connectivity index (χ0) is 12.7. The number of amides is 1. The van der Waals surface area contributed by atoms with Crippen molar-refractivity contribution in [1.82, 2.24) is 10.2 Å². The van der Waals surface area contributed by atoms with Crippen molar-refractivity contribution in [1.29, 1.82) is 5.26 Å². The van der Waals surface area contributed by atoms with Crippen molar-refractivity contribution < 1.29 is 4.79 Å². The summed E-state index contributed by atoms with van der Waals surface area (Å²) >= 11 is 0. The first-order chi connectivity index (χ1) is 8.15. The standard InChI is InChI=1S/C13H17N3O/c1-16(2)10-9-15-13(17)12-6-4-3-5-11(12)7-8-14/h3-6H,7,9-10H2,1-2H3,(H,15,17). The van der Waals surface area contributed by atoms with Crippen molar-refractivity contribution >= 4 is 5.91 Å². The molecule has 0 atom stereocenters. The lowest BCUT2D eigenvalue weighted by atomic mass is 10.0. The molecule has 0 aliphatic carbocycles. The molecule has 0 unspecified atom stereocenters. The molecule has 90 valence electrons. The summed E-state index contributed by atoms with van der Waals surface area (Å²) in [5.41, 5.74) is 1.37. The second-order valence-corrected chi connectivity index (χ2v) is 4.05. The van der Waals surface area contributed by atoms with Gasteiger partial charge in [-0.3, -0.25) is 4.79 Å². The summed E-state index contributed by atoms with van der Waals surface area (Å²) in [5, 5.41) is 11.5. The molecular weight excluding hydrogens is 214 g/mol. The Morgan fingerprint density at radius 3 is 2.76 bits per heavy atom. The van der Waals surface area contributed by atoms with E-state index in [2.05, 4.69) is 11.4 Å². The third kappa shape index (κ3) is 4.25. The van der Waals surface area contributed by atoms with E-state index in [1.807, 2.05) is 37.2 Å². The predicted molar refractivity (Wildman–Crippen MR) is 66.6 cm³/mol. The number of benzene rings is 1. The van der Waals surface area contributed by atoms with Crippen LogP contribution < -0.4 is 5.32 Å². The van der Waals surface area contributed by atoms with Crippen LogP contribution in [0.4, 0.5) is 0 Å². The number of hydrogen-bond acceptors (Lipinski definition) is 3. The van der Waals surface area contributed by atoms with Gasteiger partial charge in [0.25, 0.3) is 5.91 Å². The SMILES string of the molecule is CN(C)CCNC(=O)c1ccccc1CC#N. The van der Waals surface area contributed by atoms with Crippen LogP contribution in [0.2, 0.25) is 0 Å². The number of nitriles is 1. The Bertz CT molecular complexity index is 421. The van der Waals surface area contributed by atoms with Gasteiger partial charge in [-0.1, -0.05) is 18.2 Å². The number of nitrogens with zero attached hydrogens (tertiary/aromatic N) is 2. The average molecular weight is 231 g/mol. The minimum atomic E-state index is -0.113. The molecule has 1 aromatic carbocycles. The van der Waals surface area contributed by atoms with Crippen LogP contribution in [0.25, 0.3) is 0 Å². The number of rotatable bonds is 5. The molecule has 1 amide bonds. The zero-order valence-electron chi connectivity index (χ0n) is 10.2. The maximum atomic E-state index is 11.9. The van der Waals surface area contributed by atoms with E-state index in [1.165, 1.54) is 0 Å². The van der Waals surface area contributed by atoms with Crippen LogP contribution in [0.1, 0.15) is 15.9 Å². The molecule has 0 bridgehead atoms. The molecule has 1 aromatic rings. The fourth-order valence-corrected chi connectivity index (χ4v) is 1.47. The first-order valence-corrected chi connectivity index (χ1v) is 5.53. The van der Waals surface area contributed by atoms with Crippen molar-refractivity contribution in [3.05, 3.63) is 35.4 Å². The summed E-state index contributed by atoms with van der Waals surface area (Å²) in [7, 11) is 3.91. The van der Waals surface area contributed by atoms with Gasteiger partial charge in [0.05, 0.1) is 12.5 Å². The molecule has 0 saturated carbocycles. The van der Waals surface area contributed by atoms with Crippen LogP contribution in [0.5, 0.6) is 0 Å². The van der Waals surface area contributed by atoms with Crippen LogP contribution in [0.3, 0.4) is 0 Å². The van der Waals surface area contributed by atoms with E-state index in [0.29, 0.717) is 12.1 Å². The van der Waals surface area contributed by atoms with Crippen LogP contribution in [-0.2, 0) is 6.42 Å². The topological polar surface area (TPSA) is 56.1 Å². The van der Waals surface area contributed by atoms with Gasteiger partial charge in [0.2, 0.25) is 0 Å². The average Bonchev–Trinajstić information content (AvgIpc) is 2.29. The van der Waals surface area contributed by atoms with Gasteiger partial charge in [-0.25, -0.2) is 0 Å². The van der Waals surface area contributed by atoms with Crippen LogP contribution in [0, 0.1) is 11.3 Å². The largest absolute Gasteiger partial charge is 0.351 e. The number of carbonyl (C=O) groups is 1. The van der Waals surface area contributed by atoms with E-state index in [0.717, 1.165) is 12.1 Å². The van der Waals surface area contributed by atoms with E-state index in [-0.39, 0.29) is 12.3 Å². The molecule has 0 aromatic heterocycles. The van der Waals surface area contributed by atoms with Gasteiger partial charge in [0.15, 0.2) is 0 Å². The summed E-state index contributed by atoms with van der Waals surface area (Å²) in [5.74, 6) is -0.113. The highest BCUT2D eigenvalue weighted by molar-refractivity contribution is 5.95. The molecule has 4 heteroatoms. The molecule has 0 fully saturated rings. The van der Waals surface area contributed by atoms with E-state index < -0.39 is 0 Å². The Morgan fingerprint density at radius 1 is 1.41 bits per heavy atom. The smallest absolute Gasteiger partial charge is 0.251 e. The number of nitrogens with one attached hydrogen (secondary N) is 1. The molecule has 0 radical (unpaired) electrons. The quantitative estimate of drug-likeness (QED) is 0.824. The third-order valence-electron chi connectivity index (χ3n) is 2.38. The van der Waals surface area contributed by atoms with Gasteiger partial charge in [-0.2, -0.15) is 5.26 Å². The number of hydrogen-bond donors (Lipinski definition) is 1. The van der Waals surface area contributed by atoms with Crippen molar-refractivity contribution in [2.24, 2.45) is 0 Å². The minimum Gasteiger partial charge on any atom is -0.351 e. The molecule has 0 saturated heterocycles. The third-order valence-corrected chi connectivity index (χ3v) is 2.38. The normalized spacial score (nSPS) is 10.0. The highest BCUT2D eigenvalue weighted by atomic mass is 16.1. The zero-order valence-corrected chi connectivity index (χ0v) is 10.2. The van der Waals surface area contributed by atoms with Crippen molar-refractivity contribution in [3.63, 3.8) is 0 Å². The Balaban J connectivity index is 2.65. The Hall–Kier alpha value is -1.86. The molecule has 17 heavy (non-hydrogen) atoms. The molecule has 4 nitrogen and oxygen atoms in total. The highest BCUT2D eigenvalue weighted by Crippen LogP contribution is 2.08. The molecular formula is C13H17N3O. The Labute approximate surface area is 102 Å². The minimum absolute atomic E-state index is 0.113. The van der Waals surface area contributed by atoms with Gasteiger partial charge in [0.1, 0.15) is 0 Å². The lowest BCUT2D eigenvalue weighted by molar-refractivity contribution is 0.0950. The molecule has 0 spiro atoms. The number of likely N-dealkylation sites (N-methyl/N-ethyl adjacent to an activating group) is 1. The van der Waals surface area contributed by atoms with Crippen LogP contribution in [-0.4, -0.2) is 38.0 Å². The van der Waals surface area contributed by atoms with Gasteiger partial charge in [0, 0.05) is 18.7 Å². The summed E-state index contributed by atoms with van der Waals surface area (Å²) in [6.45, 7) is 1.40.